The van der Waals surface area contributed by atoms with E-state index in [-0.39, 0.29) is 6.10 Å². The van der Waals surface area contributed by atoms with E-state index in [0.29, 0.717) is 24.5 Å². The molecule has 3 atom stereocenters. The summed E-state index contributed by atoms with van der Waals surface area (Å²) in [5.41, 5.74) is 1.68. The molecule has 0 fully saturated rings. The Morgan fingerprint density at radius 1 is 1.14 bits per heavy atom. The highest BCUT2D eigenvalue weighted by Crippen LogP contribution is 2.28. The van der Waals surface area contributed by atoms with Gasteiger partial charge in [-0.25, -0.2) is 4.39 Å². The minimum atomic E-state index is -1.35. The summed E-state index contributed by atoms with van der Waals surface area (Å²) >= 11 is -1.35. The van der Waals surface area contributed by atoms with Gasteiger partial charge in [-0.05, 0) is 57.9 Å². The van der Waals surface area contributed by atoms with Crippen molar-refractivity contribution >= 4 is 11.4 Å². The second-order valence-electron chi connectivity index (χ2n) is 7.63. The number of halogens is 1. The summed E-state index contributed by atoms with van der Waals surface area (Å²) in [6.07, 6.45) is -0.345. The van der Waals surface area contributed by atoms with Crippen molar-refractivity contribution in [3.8, 4) is 5.75 Å². The SMILES string of the molecule is CCOc1cc(F)cc(C(N[S+]([O-])C(C)(C)C)C(C)OCc2ccccc2)c1. The van der Waals surface area contributed by atoms with E-state index in [0.717, 1.165) is 5.56 Å². The maximum Gasteiger partial charge on any atom is 0.136 e. The predicted octanol–water partition coefficient (Wildman–Crippen LogP) is 4.92. The molecule has 0 aliphatic heterocycles. The molecule has 4 nitrogen and oxygen atoms in total. The zero-order chi connectivity index (χ0) is 20.7. The highest BCUT2D eigenvalue weighted by Gasteiger charge is 2.33. The van der Waals surface area contributed by atoms with Crippen LogP contribution >= 0.6 is 0 Å². The van der Waals surface area contributed by atoms with E-state index in [1.165, 1.54) is 12.1 Å². The van der Waals surface area contributed by atoms with E-state index < -0.39 is 28.0 Å². The number of rotatable bonds is 9. The van der Waals surface area contributed by atoms with Gasteiger partial charge in [-0.3, -0.25) is 0 Å². The van der Waals surface area contributed by atoms with Crippen LogP contribution in [-0.2, 0) is 22.7 Å². The van der Waals surface area contributed by atoms with E-state index >= 15 is 0 Å². The van der Waals surface area contributed by atoms with Crippen LogP contribution in [-0.4, -0.2) is 22.0 Å². The lowest BCUT2D eigenvalue weighted by Gasteiger charge is -2.31. The van der Waals surface area contributed by atoms with Crippen LogP contribution < -0.4 is 9.46 Å². The number of benzene rings is 2. The minimum absolute atomic E-state index is 0.345. The Morgan fingerprint density at radius 2 is 1.82 bits per heavy atom. The van der Waals surface area contributed by atoms with Gasteiger partial charge in [-0.1, -0.05) is 30.3 Å². The average molecular weight is 408 g/mol. The molecular weight excluding hydrogens is 377 g/mol. The molecule has 2 rings (SSSR count). The van der Waals surface area contributed by atoms with Gasteiger partial charge in [-0.2, -0.15) is 0 Å². The molecule has 0 saturated carbocycles. The molecule has 1 N–H and O–H groups in total. The maximum atomic E-state index is 14.2. The van der Waals surface area contributed by atoms with Crippen LogP contribution in [0.1, 0.15) is 51.8 Å². The molecule has 6 heteroatoms. The molecule has 0 radical (unpaired) electrons. The first-order valence-corrected chi connectivity index (χ1v) is 10.6. The molecule has 0 spiro atoms. The summed E-state index contributed by atoms with van der Waals surface area (Å²) in [5, 5.41) is 0. The topological polar surface area (TPSA) is 53.5 Å². The lowest BCUT2D eigenvalue weighted by molar-refractivity contribution is 0.0316. The van der Waals surface area contributed by atoms with E-state index in [2.05, 4.69) is 4.72 Å². The molecule has 0 bridgehead atoms. The van der Waals surface area contributed by atoms with E-state index in [9.17, 15) is 8.94 Å². The second-order valence-corrected chi connectivity index (χ2v) is 9.63. The summed E-state index contributed by atoms with van der Waals surface area (Å²) in [6, 6.07) is 13.9. The van der Waals surface area contributed by atoms with Crippen molar-refractivity contribution in [2.24, 2.45) is 0 Å². The summed E-state index contributed by atoms with van der Waals surface area (Å²) in [4.78, 5) is 0. The normalized spacial score (nSPS) is 15.1. The van der Waals surface area contributed by atoms with Gasteiger partial charge in [0.15, 0.2) is 0 Å². The van der Waals surface area contributed by atoms with Crippen LogP contribution in [0.2, 0.25) is 0 Å². The van der Waals surface area contributed by atoms with E-state index in [1.54, 1.807) is 6.07 Å². The van der Waals surface area contributed by atoms with Crippen LogP contribution in [0, 0.1) is 5.82 Å². The van der Waals surface area contributed by atoms with Crippen LogP contribution in [0.15, 0.2) is 48.5 Å². The van der Waals surface area contributed by atoms with Gasteiger partial charge in [0.05, 0.1) is 19.3 Å². The molecule has 0 amide bonds. The highest BCUT2D eigenvalue weighted by molar-refractivity contribution is 7.90. The quantitative estimate of drug-likeness (QED) is 0.599. The Bertz CT molecular complexity index is 736. The number of hydrogen-bond donors (Lipinski definition) is 1. The fourth-order valence-electron chi connectivity index (χ4n) is 2.64. The third kappa shape index (κ3) is 6.78. The molecule has 0 aliphatic rings. The van der Waals surface area contributed by atoms with Gasteiger partial charge in [0.1, 0.15) is 22.4 Å². The molecular formula is C22H30FNO3S. The molecule has 0 aromatic heterocycles. The van der Waals surface area contributed by atoms with Crippen molar-refractivity contribution in [1.82, 2.24) is 4.72 Å². The zero-order valence-electron chi connectivity index (χ0n) is 17.2. The van der Waals surface area contributed by atoms with Crippen molar-refractivity contribution in [2.45, 2.75) is 58.1 Å². The Balaban J connectivity index is 2.25. The van der Waals surface area contributed by atoms with Gasteiger partial charge >= 0.3 is 0 Å². The third-order valence-corrected chi connectivity index (χ3v) is 5.76. The van der Waals surface area contributed by atoms with Crippen molar-refractivity contribution in [1.29, 1.82) is 0 Å². The standard InChI is InChI=1S/C22H30FNO3S/c1-6-26-20-13-18(12-19(23)14-20)21(24-28(25)22(3,4)5)16(2)27-15-17-10-8-7-9-11-17/h7-14,16,21,24H,6,15H2,1-5H3. The lowest BCUT2D eigenvalue weighted by atomic mass is 10.0. The maximum absolute atomic E-state index is 14.2. The molecule has 28 heavy (non-hydrogen) atoms. The first-order valence-electron chi connectivity index (χ1n) is 9.47. The first-order chi connectivity index (χ1) is 13.2. The Kier molecular flexibility index (Phi) is 8.31. The van der Waals surface area contributed by atoms with Crippen molar-refractivity contribution < 1.29 is 18.4 Å². The summed E-state index contributed by atoms with van der Waals surface area (Å²) in [6.45, 7) is 10.3. The molecule has 2 aromatic carbocycles. The minimum Gasteiger partial charge on any atom is -0.598 e. The molecule has 154 valence electrons. The van der Waals surface area contributed by atoms with E-state index in [1.807, 2.05) is 65.0 Å². The van der Waals surface area contributed by atoms with Gasteiger partial charge in [0.25, 0.3) is 0 Å². The van der Waals surface area contributed by atoms with Crippen molar-refractivity contribution in [3.05, 3.63) is 65.5 Å². The number of nitrogens with one attached hydrogen (secondary N) is 1. The summed E-state index contributed by atoms with van der Waals surface area (Å²) in [5.74, 6) is 0.0469. The lowest BCUT2D eigenvalue weighted by Crippen LogP contribution is -2.44. The second kappa shape index (κ2) is 10.3. The molecule has 2 aromatic rings. The van der Waals surface area contributed by atoms with Gasteiger partial charge in [0, 0.05) is 17.4 Å². The Labute approximate surface area is 170 Å². The first kappa shape index (κ1) is 22.7. The molecule has 0 aliphatic carbocycles. The third-order valence-electron chi connectivity index (χ3n) is 4.18. The Morgan fingerprint density at radius 3 is 2.43 bits per heavy atom. The number of ether oxygens (including phenoxy) is 2. The molecule has 0 saturated heterocycles. The van der Waals surface area contributed by atoms with Crippen LogP contribution in [0.25, 0.3) is 0 Å². The summed E-state index contributed by atoms with van der Waals surface area (Å²) in [7, 11) is 0. The average Bonchev–Trinajstić information content (AvgIpc) is 2.63. The van der Waals surface area contributed by atoms with Crippen molar-refractivity contribution in [2.75, 3.05) is 6.61 Å². The smallest absolute Gasteiger partial charge is 0.136 e. The van der Waals surface area contributed by atoms with Gasteiger partial charge < -0.3 is 14.0 Å². The largest absolute Gasteiger partial charge is 0.598 e. The van der Waals surface area contributed by atoms with Crippen LogP contribution in [0.5, 0.6) is 5.75 Å². The number of hydrogen-bond acceptors (Lipinski definition) is 4. The van der Waals surface area contributed by atoms with E-state index in [4.69, 9.17) is 9.47 Å². The highest BCUT2D eigenvalue weighted by atomic mass is 32.2. The predicted molar refractivity (Wildman–Crippen MR) is 112 cm³/mol. The fraction of sp³-hybridized carbons (Fsp3) is 0.455. The Hall–Kier alpha value is -1.60. The molecule has 0 heterocycles. The summed E-state index contributed by atoms with van der Waals surface area (Å²) < 4.78 is 41.1. The fourth-order valence-corrected chi connectivity index (χ4v) is 3.55. The van der Waals surface area contributed by atoms with Gasteiger partial charge in [-0.15, -0.1) is 4.72 Å². The monoisotopic (exact) mass is 407 g/mol. The van der Waals surface area contributed by atoms with Gasteiger partial charge in [0.2, 0.25) is 0 Å². The van der Waals surface area contributed by atoms with Crippen LogP contribution in [0.3, 0.4) is 0 Å². The van der Waals surface area contributed by atoms with Crippen LogP contribution in [0.4, 0.5) is 4.39 Å². The van der Waals surface area contributed by atoms with Crippen molar-refractivity contribution in [3.63, 3.8) is 0 Å². The molecule has 3 unspecified atom stereocenters. The zero-order valence-corrected chi connectivity index (χ0v) is 18.0.